The molecule has 0 atom stereocenters. The number of aliphatic hydroxyl groups excluding tert-OH is 1. The summed E-state index contributed by atoms with van der Waals surface area (Å²) < 4.78 is 10.9. The second-order valence-corrected chi connectivity index (χ2v) is 8.06. The van der Waals surface area contributed by atoms with Crippen LogP contribution in [-0.2, 0) is 11.2 Å². The van der Waals surface area contributed by atoms with E-state index in [0.29, 0.717) is 22.8 Å². The van der Waals surface area contributed by atoms with Crippen molar-refractivity contribution >= 4 is 36.9 Å². The first kappa shape index (κ1) is 25.1. The highest BCUT2D eigenvalue weighted by molar-refractivity contribution is 6.15. The van der Waals surface area contributed by atoms with Crippen molar-refractivity contribution in [2.45, 2.75) is 25.1 Å². The summed E-state index contributed by atoms with van der Waals surface area (Å²) in [5.41, 5.74) is 0.865. The maximum atomic E-state index is 12.7. The molecule has 0 unspecified atom stereocenters. The topological polar surface area (TPSA) is 192 Å². The average Bonchev–Trinajstić information content (AvgIpc) is 3.57. The number of pyridine rings is 1. The number of rotatable bonds is 10. The molecule has 1 aliphatic rings. The summed E-state index contributed by atoms with van der Waals surface area (Å²) in [5, 5.41) is 39.3. The van der Waals surface area contributed by atoms with Crippen LogP contribution in [0.1, 0.15) is 29.0 Å². The third kappa shape index (κ3) is 5.97. The van der Waals surface area contributed by atoms with Crippen molar-refractivity contribution in [2.24, 2.45) is 5.92 Å². The van der Waals surface area contributed by atoms with Gasteiger partial charge >= 0.3 is 0 Å². The van der Waals surface area contributed by atoms with Crippen molar-refractivity contribution in [2.75, 3.05) is 24.4 Å². The second kappa shape index (κ2) is 10.3. The van der Waals surface area contributed by atoms with Crippen molar-refractivity contribution in [1.29, 1.82) is 0 Å². The molecule has 1 aromatic carbocycles. The van der Waals surface area contributed by atoms with Gasteiger partial charge in [0.2, 0.25) is 5.91 Å². The van der Waals surface area contributed by atoms with Gasteiger partial charge in [-0.25, -0.2) is 4.98 Å². The molecule has 0 aliphatic heterocycles. The highest BCUT2D eigenvalue weighted by Gasteiger charge is 2.30. The van der Waals surface area contributed by atoms with Gasteiger partial charge < -0.3 is 40.5 Å². The number of para-hydroxylation sites is 1. The Morgan fingerprint density at radius 3 is 2.72 bits per heavy atom. The molecule has 14 heteroatoms. The summed E-state index contributed by atoms with van der Waals surface area (Å²) in [7, 11) is 6.52. The molecule has 6 N–H and O–H groups in total. The Hall–Kier alpha value is -4.01. The van der Waals surface area contributed by atoms with E-state index in [-0.39, 0.29) is 47.8 Å². The molecule has 2 radical (unpaired) electrons. The molecule has 2 amide bonds. The van der Waals surface area contributed by atoms with Crippen LogP contribution in [0.2, 0.25) is 0 Å². The number of amides is 2. The summed E-state index contributed by atoms with van der Waals surface area (Å²) in [6.45, 7) is -0.143. The van der Waals surface area contributed by atoms with Crippen LogP contribution in [0.3, 0.4) is 0 Å². The summed E-state index contributed by atoms with van der Waals surface area (Å²) in [6.07, 6.45) is 2.96. The fourth-order valence-corrected chi connectivity index (χ4v) is 3.35. The maximum absolute atomic E-state index is 12.7. The molecule has 0 saturated heterocycles. The largest absolute Gasteiger partial charge is 0.494 e. The van der Waals surface area contributed by atoms with E-state index in [1.165, 1.54) is 13.2 Å². The van der Waals surface area contributed by atoms with Gasteiger partial charge in [0.1, 0.15) is 5.82 Å². The van der Waals surface area contributed by atoms with E-state index in [2.05, 4.69) is 25.8 Å². The molecule has 0 bridgehead atoms. The summed E-state index contributed by atoms with van der Waals surface area (Å²) in [5.74, 6) is -3.23. The van der Waals surface area contributed by atoms with Crippen LogP contribution in [0.25, 0.3) is 11.5 Å². The SMILES string of the molecule is [B]C(O)(O)NC(=O)c1cnc(NC(=O)C2CC2)cc1Nc1cccc(-c2nc(CCO)no2)c1OC. The molecule has 1 saturated carbocycles. The number of methoxy groups -OCH3 is 1. The van der Waals surface area contributed by atoms with Crippen molar-refractivity contribution in [3.8, 4) is 17.2 Å². The van der Waals surface area contributed by atoms with E-state index < -0.39 is 11.7 Å². The van der Waals surface area contributed by atoms with Crippen LogP contribution < -0.4 is 20.7 Å². The van der Waals surface area contributed by atoms with Crippen molar-refractivity contribution in [3.63, 3.8) is 0 Å². The number of carbonyl (C=O) groups excluding carboxylic acids is 2. The number of benzene rings is 1. The minimum Gasteiger partial charge on any atom is -0.494 e. The minimum absolute atomic E-state index is 0.0743. The lowest BCUT2D eigenvalue weighted by molar-refractivity contribution is -0.117. The number of hydrogen-bond donors (Lipinski definition) is 6. The van der Waals surface area contributed by atoms with Gasteiger partial charge in [0.05, 0.1) is 36.2 Å². The van der Waals surface area contributed by atoms with E-state index in [0.717, 1.165) is 19.0 Å². The van der Waals surface area contributed by atoms with Crippen molar-refractivity contribution < 1.29 is 34.2 Å². The smallest absolute Gasteiger partial charge is 0.261 e. The molecule has 1 fully saturated rings. The first-order valence-corrected chi connectivity index (χ1v) is 10.9. The zero-order valence-corrected chi connectivity index (χ0v) is 19.2. The minimum atomic E-state index is -2.96. The Morgan fingerprint density at radius 1 is 1.28 bits per heavy atom. The Kier molecular flexibility index (Phi) is 7.19. The number of aliphatic hydroxyl groups is 3. The van der Waals surface area contributed by atoms with E-state index in [9.17, 15) is 19.8 Å². The van der Waals surface area contributed by atoms with Crippen LogP contribution in [-0.4, -0.2) is 69.6 Å². The third-order valence-corrected chi connectivity index (χ3v) is 5.17. The molecule has 3 aromatic rings. The lowest BCUT2D eigenvalue weighted by Gasteiger charge is -2.21. The van der Waals surface area contributed by atoms with Gasteiger partial charge in [0.25, 0.3) is 11.8 Å². The summed E-state index contributed by atoms with van der Waals surface area (Å²) in [4.78, 5) is 33.2. The predicted octanol–water partition coefficient (Wildman–Crippen LogP) is 0.261. The van der Waals surface area contributed by atoms with Gasteiger partial charge in [0.15, 0.2) is 25.2 Å². The maximum Gasteiger partial charge on any atom is 0.261 e. The van der Waals surface area contributed by atoms with Gasteiger partial charge in [-0.1, -0.05) is 11.2 Å². The zero-order chi connectivity index (χ0) is 25.9. The fourth-order valence-electron chi connectivity index (χ4n) is 3.35. The fraction of sp³-hybridized carbons (Fsp3) is 0.318. The monoisotopic (exact) mass is 494 g/mol. The van der Waals surface area contributed by atoms with Gasteiger partial charge in [-0.15, -0.1) is 0 Å². The van der Waals surface area contributed by atoms with E-state index in [1.54, 1.807) is 18.2 Å². The highest BCUT2D eigenvalue weighted by Crippen LogP contribution is 2.38. The first-order chi connectivity index (χ1) is 17.2. The predicted molar refractivity (Wildman–Crippen MR) is 126 cm³/mol. The van der Waals surface area contributed by atoms with Crippen molar-refractivity contribution in [3.05, 3.63) is 41.9 Å². The number of aromatic nitrogens is 3. The number of nitrogens with zero attached hydrogens (tertiary/aromatic N) is 3. The lowest BCUT2D eigenvalue weighted by Crippen LogP contribution is -2.49. The molecule has 13 nitrogen and oxygen atoms in total. The van der Waals surface area contributed by atoms with Crippen LogP contribution in [0.5, 0.6) is 5.75 Å². The van der Waals surface area contributed by atoms with Gasteiger partial charge in [-0.05, 0) is 25.0 Å². The van der Waals surface area contributed by atoms with Gasteiger partial charge in [-0.3, -0.25) is 9.59 Å². The number of nitrogens with one attached hydrogen (secondary N) is 3. The third-order valence-electron chi connectivity index (χ3n) is 5.17. The van der Waals surface area contributed by atoms with Crippen LogP contribution in [0, 0.1) is 5.92 Å². The number of ether oxygens (including phenoxy) is 1. The molecule has 0 spiro atoms. The highest BCUT2D eigenvalue weighted by atomic mass is 16.5. The Morgan fingerprint density at radius 2 is 2.06 bits per heavy atom. The van der Waals surface area contributed by atoms with Gasteiger partial charge in [-0.2, -0.15) is 4.98 Å². The van der Waals surface area contributed by atoms with E-state index in [1.807, 2.05) is 5.32 Å². The number of carbonyl (C=O) groups is 2. The Labute approximate surface area is 206 Å². The summed E-state index contributed by atoms with van der Waals surface area (Å²) >= 11 is 0. The van der Waals surface area contributed by atoms with Gasteiger partial charge in [0, 0.05) is 24.6 Å². The zero-order valence-electron chi connectivity index (χ0n) is 19.2. The number of anilines is 3. The molecule has 1 aliphatic carbocycles. The average molecular weight is 494 g/mol. The molecule has 186 valence electrons. The van der Waals surface area contributed by atoms with E-state index >= 15 is 0 Å². The standard InChI is InChI=1S/C22H23BN6O7/c1-35-18-12(21-27-16(7-8-30)29-36-21)3-2-4-14(18)25-15-9-17(26-19(31)11-5-6-11)24-10-13(15)20(32)28-22(23,33)34/h2-4,9-11,30,33-34H,5-8H2,1H3,(H,28,32)(H2,24,25,26,31). The van der Waals surface area contributed by atoms with Crippen LogP contribution in [0.4, 0.5) is 17.2 Å². The number of hydrogen-bond acceptors (Lipinski definition) is 11. The second-order valence-electron chi connectivity index (χ2n) is 8.06. The Bertz CT molecular complexity index is 1270. The Balaban J connectivity index is 1.70. The molecule has 4 rings (SSSR count). The molecular weight excluding hydrogens is 471 g/mol. The molecule has 36 heavy (non-hydrogen) atoms. The lowest BCUT2D eigenvalue weighted by atomic mass is 10.0. The van der Waals surface area contributed by atoms with Crippen LogP contribution in [0.15, 0.2) is 35.0 Å². The molecule has 2 heterocycles. The van der Waals surface area contributed by atoms with E-state index in [4.69, 9.17) is 22.2 Å². The van der Waals surface area contributed by atoms with Crippen molar-refractivity contribution in [1.82, 2.24) is 20.4 Å². The quantitative estimate of drug-likeness (QED) is 0.167. The molecule has 2 aromatic heterocycles. The summed E-state index contributed by atoms with van der Waals surface area (Å²) in [6, 6.07) is 6.44. The first-order valence-electron chi connectivity index (χ1n) is 10.9. The normalized spacial score (nSPS) is 13.2. The molecular formula is C22H23BN6O7. The van der Waals surface area contributed by atoms with Crippen LogP contribution >= 0.6 is 0 Å².